The smallest absolute Gasteiger partial charge is 0.253 e. The van der Waals surface area contributed by atoms with Crippen molar-refractivity contribution in [3.63, 3.8) is 0 Å². The molecule has 6 nitrogen and oxygen atoms in total. The lowest BCUT2D eigenvalue weighted by Gasteiger charge is -2.37. The highest BCUT2D eigenvalue weighted by Crippen LogP contribution is 2.31. The second-order valence-corrected chi connectivity index (χ2v) is 6.59. The zero-order valence-electron chi connectivity index (χ0n) is 14.7. The summed E-state index contributed by atoms with van der Waals surface area (Å²) in [5.74, 6) is -0.513. The highest BCUT2D eigenvalue weighted by atomic mass is 16.7. The number of benzene rings is 1. The quantitative estimate of drug-likeness (QED) is 0.784. The molecule has 3 rings (SSSR count). The SMILES string of the molecule is CN(C)C(=O)c1ccc(/C=C/C(=O)N2CCC3(CC2)OCCO3)cc1. The van der Waals surface area contributed by atoms with Crippen LogP contribution < -0.4 is 0 Å². The summed E-state index contributed by atoms with van der Waals surface area (Å²) in [5, 5.41) is 0. The van der Waals surface area contributed by atoms with Gasteiger partial charge < -0.3 is 19.3 Å². The largest absolute Gasteiger partial charge is 0.347 e. The number of rotatable bonds is 3. The van der Waals surface area contributed by atoms with E-state index in [-0.39, 0.29) is 11.8 Å². The van der Waals surface area contributed by atoms with Crippen molar-refractivity contribution in [2.45, 2.75) is 18.6 Å². The van der Waals surface area contributed by atoms with Gasteiger partial charge in [-0.2, -0.15) is 0 Å². The maximum atomic E-state index is 12.3. The van der Waals surface area contributed by atoms with Gasteiger partial charge in [0, 0.05) is 51.7 Å². The maximum Gasteiger partial charge on any atom is 0.253 e. The van der Waals surface area contributed by atoms with Gasteiger partial charge in [0.25, 0.3) is 5.91 Å². The van der Waals surface area contributed by atoms with Crippen LogP contribution in [0.2, 0.25) is 0 Å². The fourth-order valence-electron chi connectivity index (χ4n) is 3.12. The van der Waals surface area contributed by atoms with Crippen LogP contribution in [-0.2, 0) is 14.3 Å². The fraction of sp³-hybridized carbons (Fsp3) is 0.474. The summed E-state index contributed by atoms with van der Waals surface area (Å²) in [6, 6.07) is 7.22. The van der Waals surface area contributed by atoms with E-state index in [1.165, 1.54) is 4.90 Å². The zero-order valence-corrected chi connectivity index (χ0v) is 14.7. The van der Waals surface area contributed by atoms with Gasteiger partial charge in [0.1, 0.15) is 0 Å². The average Bonchev–Trinajstić information content (AvgIpc) is 3.08. The minimum Gasteiger partial charge on any atom is -0.347 e. The van der Waals surface area contributed by atoms with Crippen LogP contribution in [0, 0.1) is 0 Å². The van der Waals surface area contributed by atoms with Crippen molar-refractivity contribution < 1.29 is 19.1 Å². The van der Waals surface area contributed by atoms with Crippen molar-refractivity contribution in [3.05, 3.63) is 41.5 Å². The van der Waals surface area contributed by atoms with E-state index in [9.17, 15) is 9.59 Å². The molecule has 2 heterocycles. The lowest BCUT2D eigenvalue weighted by Crippen LogP contribution is -2.46. The topological polar surface area (TPSA) is 59.1 Å². The molecule has 0 aliphatic carbocycles. The van der Waals surface area contributed by atoms with Crippen LogP contribution in [0.1, 0.15) is 28.8 Å². The van der Waals surface area contributed by atoms with Crippen molar-refractivity contribution in [3.8, 4) is 0 Å². The van der Waals surface area contributed by atoms with Crippen LogP contribution in [-0.4, -0.2) is 67.8 Å². The molecule has 0 bridgehead atoms. The van der Waals surface area contributed by atoms with E-state index in [4.69, 9.17) is 9.47 Å². The molecule has 0 unspecified atom stereocenters. The van der Waals surface area contributed by atoms with Gasteiger partial charge in [-0.1, -0.05) is 12.1 Å². The van der Waals surface area contributed by atoms with Crippen LogP contribution in [0.25, 0.3) is 6.08 Å². The Bertz CT molecular complexity index is 651. The molecule has 2 saturated heterocycles. The Balaban J connectivity index is 1.55. The number of hydrogen-bond acceptors (Lipinski definition) is 4. The summed E-state index contributed by atoms with van der Waals surface area (Å²) in [4.78, 5) is 27.6. The minimum absolute atomic E-state index is 0.0127. The summed E-state index contributed by atoms with van der Waals surface area (Å²) in [7, 11) is 3.44. The molecule has 2 aliphatic rings. The molecule has 0 N–H and O–H groups in total. The Morgan fingerprint density at radius 2 is 1.68 bits per heavy atom. The molecule has 25 heavy (non-hydrogen) atoms. The first-order chi connectivity index (χ1) is 12.0. The van der Waals surface area contributed by atoms with Crippen molar-refractivity contribution in [2.24, 2.45) is 0 Å². The standard InChI is InChI=1S/C19H24N2O4/c1-20(2)18(23)16-6-3-15(4-7-16)5-8-17(22)21-11-9-19(10-12-21)24-13-14-25-19/h3-8H,9-14H2,1-2H3/b8-5+. The molecule has 2 aliphatic heterocycles. The summed E-state index contributed by atoms with van der Waals surface area (Å²) in [5.41, 5.74) is 1.52. The van der Waals surface area contributed by atoms with Gasteiger partial charge in [-0.25, -0.2) is 0 Å². The highest BCUT2D eigenvalue weighted by Gasteiger charge is 2.40. The second kappa shape index (κ2) is 7.37. The highest BCUT2D eigenvalue weighted by molar-refractivity contribution is 5.94. The Kier molecular flexibility index (Phi) is 5.20. The number of carbonyl (C=O) groups excluding carboxylic acids is 2. The van der Waals surface area contributed by atoms with Crippen molar-refractivity contribution >= 4 is 17.9 Å². The molecule has 1 aromatic carbocycles. The fourth-order valence-corrected chi connectivity index (χ4v) is 3.12. The molecule has 0 atom stereocenters. The zero-order chi connectivity index (χ0) is 17.9. The molecular formula is C19H24N2O4. The van der Waals surface area contributed by atoms with E-state index in [2.05, 4.69) is 0 Å². The van der Waals surface area contributed by atoms with Gasteiger partial charge >= 0.3 is 0 Å². The van der Waals surface area contributed by atoms with Crippen LogP contribution in [0.15, 0.2) is 30.3 Å². The molecule has 6 heteroatoms. The lowest BCUT2D eigenvalue weighted by molar-refractivity contribution is -0.186. The molecule has 134 valence electrons. The summed E-state index contributed by atoms with van der Waals surface area (Å²) in [6.07, 6.45) is 4.79. The monoisotopic (exact) mass is 344 g/mol. The number of piperidine rings is 1. The van der Waals surface area contributed by atoms with Gasteiger partial charge in [-0.05, 0) is 23.8 Å². The van der Waals surface area contributed by atoms with E-state index in [0.717, 1.165) is 5.56 Å². The number of ether oxygens (including phenoxy) is 2. The molecular weight excluding hydrogens is 320 g/mol. The van der Waals surface area contributed by atoms with Gasteiger partial charge in [0.05, 0.1) is 13.2 Å². The van der Waals surface area contributed by atoms with Crippen LogP contribution >= 0.6 is 0 Å². The first-order valence-corrected chi connectivity index (χ1v) is 8.56. The number of nitrogens with zero attached hydrogens (tertiary/aromatic N) is 2. The third-order valence-electron chi connectivity index (χ3n) is 4.63. The first kappa shape index (κ1) is 17.6. The molecule has 0 aromatic heterocycles. The van der Waals surface area contributed by atoms with Crippen molar-refractivity contribution in [2.75, 3.05) is 40.4 Å². The maximum absolute atomic E-state index is 12.3. The third-order valence-corrected chi connectivity index (χ3v) is 4.63. The number of amides is 2. The Hall–Kier alpha value is -2.18. The van der Waals surface area contributed by atoms with E-state index >= 15 is 0 Å². The Labute approximate surface area is 148 Å². The predicted octanol–water partition coefficient (Wildman–Crippen LogP) is 1.77. The number of likely N-dealkylation sites (tertiary alicyclic amines) is 1. The number of carbonyl (C=O) groups is 2. The minimum atomic E-state index is -0.463. The normalized spacial score (nSPS) is 19.5. The first-order valence-electron chi connectivity index (χ1n) is 8.56. The van der Waals surface area contributed by atoms with Gasteiger partial charge in [-0.3, -0.25) is 9.59 Å². The van der Waals surface area contributed by atoms with Crippen molar-refractivity contribution in [1.29, 1.82) is 0 Å². The average molecular weight is 344 g/mol. The molecule has 1 aromatic rings. The summed E-state index contributed by atoms with van der Waals surface area (Å²) >= 11 is 0. The molecule has 2 fully saturated rings. The Morgan fingerprint density at radius 3 is 2.24 bits per heavy atom. The van der Waals surface area contributed by atoms with E-state index in [0.29, 0.717) is 44.7 Å². The van der Waals surface area contributed by atoms with E-state index in [1.807, 2.05) is 17.0 Å². The van der Waals surface area contributed by atoms with Crippen LogP contribution in [0.4, 0.5) is 0 Å². The molecule has 0 saturated carbocycles. The summed E-state index contributed by atoms with van der Waals surface area (Å²) < 4.78 is 11.4. The number of hydrogen-bond donors (Lipinski definition) is 0. The van der Waals surface area contributed by atoms with Gasteiger partial charge in [0.2, 0.25) is 5.91 Å². The lowest BCUT2D eigenvalue weighted by atomic mass is 10.0. The van der Waals surface area contributed by atoms with Gasteiger partial charge in [-0.15, -0.1) is 0 Å². The second-order valence-electron chi connectivity index (χ2n) is 6.59. The third kappa shape index (κ3) is 4.08. The Morgan fingerprint density at radius 1 is 1.08 bits per heavy atom. The van der Waals surface area contributed by atoms with Crippen LogP contribution in [0.5, 0.6) is 0 Å². The molecule has 2 amide bonds. The van der Waals surface area contributed by atoms with E-state index in [1.54, 1.807) is 38.4 Å². The van der Waals surface area contributed by atoms with Crippen LogP contribution in [0.3, 0.4) is 0 Å². The summed E-state index contributed by atoms with van der Waals surface area (Å²) in [6.45, 7) is 2.55. The van der Waals surface area contributed by atoms with E-state index < -0.39 is 5.79 Å². The molecule has 0 radical (unpaired) electrons. The molecule has 1 spiro atoms. The van der Waals surface area contributed by atoms with Gasteiger partial charge in [0.15, 0.2) is 5.79 Å². The predicted molar refractivity (Wildman–Crippen MR) is 93.9 cm³/mol. The van der Waals surface area contributed by atoms with Crippen molar-refractivity contribution in [1.82, 2.24) is 9.80 Å².